The first kappa shape index (κ1) is 21.4. The molecule has 32 heavy (non-hydrogen) atoms. The van der Waals surface area contributed by atoms with Gasteiger partial charge in [0.05, 0.1) is 11.6 Å². The zero-order valence-electron chi connectivity index (χ0n) is 17.0. The Labute approximate surface area is 182 Å². The summed E-state index contributed by atoms with van der Waals surface area (Å²) in [5, 5.41) is 11.0. The zero-order chi connectivity index (χ0) is 23.0. The van der Waals surface area contributed by atoms with E-state index < -0.39 is 40.9 Å². The average Bonchev–Trinajstić information content (AvgIpc) is 3.06. The summed E-state index contributed by atoms with van der Waals surface area (Å²) in [6.45, 7) is 1.97. The second-order valence-corrected chi connectivity index (χ2v) is 7.37. The molecule has 1 aliphatic heterocycles. The van der Waals surface area contributed by atoms with Crippen molar-refractivity contribution in [1.82, 2.24) is 0 Å². The molecule has 4 rings (SSSR count). The van der Waals surface area contributed by atoms with Crippen molar-refractivity contribution in [3.63, 3.8) is 0 Å². The van der Waals surface area contributed by atoms with Gasteiger partial charge in [0.2, 0.25) is 0 Å². The Balaban J connectivity index is 1.92. The van der Waals surface area contributed by atoms with E-state index in [0.29, 0.717) is 11.1 Å². The fourth-order valence-electron chi connectivity index (χ4n) is 3.75. The highest BCUT2D eigenvalue weighted by atomic mass is 19.2. The predicted molar refractivity (Wildman–Crippen MR) is 113 cm³/mol. The van der Waals surface area contributed by atoms with Crippen LogP contribution in [-0.2, 0) is 16.0 Å². The first-order valence-electron chi connectivity index (χ1n) is 9.92. The van der Waals surface area contributed by atoms with Gasteiger partial charge in [-0.1, -0.05) is 43.3 Å². The lowest BCUT2D eigenvalue weighted by Gasteiger charge is -2.25. The lowest BCUT2D eigenvalue weighted by Crippen LogP contribution is -2.29. The molecular weight excluding hydrogens is 419 g/mol. The maximum absolute atomic E-state index is 13.9. The second-order valence-electron chi connectivity index (χ2n) is 7.37. The number of rotatable bonds is 4. The van der Waals surface area contributed by atoms with E-state index in [1.54, 1.807) is 24.3 Å². The van der Waals surface area contributed by atoms with Gasteiger partial charge >= 0.3 is 0 Å². The van der Waals surface area contributed by atoms with Crippen LogP contribution in [0.1, 0.15) is 29.7 Å². The van der Waals surface area contributed by atoms with E-state index in [2.05, 4.69) is 0 Å². The molecule has 162 valence electrons. The molecule has 4 nitrogen and oxygen atoms in total. The van der Waals surface area contributed by atoms with Crippen LogP contribution in [-0.4, -0.2) is 16.8 Å². The molecule has 1 amide bonds. The molecule has 0 bridgehead atoms. The number of aryl methyl sites for hydroxylation is 1. The van der Waals surface area contributed by atoms with Gasteiger partial charge in [0, 0.05) is 17.3 Å². The van der Waals surface area contributed by atoms with Crippen molar-refractivity contribution in [1.29, 1.82) is 0 Å². The van der Waals surface area contributed by atoms with Crippen LogP contribution in [0.15, 0.2) is 72.3 Å². The number of aliphatic hydroxyl groups is 1. The third-order valence-electron chi connectivity index (χ3n) is 5.45. The largest absolute Gasteiger partial charge is 0.507 e. The van der Waals surface area contributed by atoms with Crippen molar-refractivity contribution < 1.29 is 27.9 Å². The van der Waals surface area contributed by atoms with E-state index in [1.807, 2.05) is 6.92 Å². The van der Waals surface area contributed by atoms with E-state index in [1.165, 1.54) is 12.1 Å². The van der Waals surface area contributed by atoms with Crippen molar-refractivity contribution in [2.45, 2.75) is 19.4 Å². The van der Waals surface area contributed by atoms with E-state index in [0.717, 1.165) is 47.2 Å². The Morgan fingerprint density at radius 2 is 1.56 bits per heavy atom. The van der Waals surface area contributed by atoms with Gasteiger partial charge in [0.15, 0.2) is 11.6 Å². The number of ketones is 1. The van der Waals surface area contributed by atoms with Gasteiger partial charge in [-0.05, 0) is 41.8 Å². The number of anilines is 1. The first-order chi connectivity index (χ1) is 15.3. The average molecular weight is 437 g/mol. The Kier molecular flexibility index (Phi) is 5.57. The van der Waals surface area contributed by atoms with Crippen LogP contribution in [0, 0.1) is 17.5 Å². The van der Waals surface area contributed by atoms with Crippen LogP contribution in [0.4, 0.5) is 18.9 Å². The number of aliphatic hydroxyl groups excluding tert-OH is 1. The third-order valence-corrected chi connectivity index (χ3v) is 5.45. The predicted octanol–water partition coefficient (Wildman–Crippen LogP) is 5.29. The summed E-state index contributed by atoms with van der Waals surface area (Å²) in [6.07, 6.45) is 0.775. The molecule has 0 radical (unpaired) electrons. The highest BCUT2D eigenvalue weighted by Gasteiger charge is 2.47. The summed E-state index contributed by atoms with van der Waals surface area (Å²) in [6, 6.07) is 13.5. The lowest BCUT2D eigenvalue weighted by molar-refractivity contribution is -0.132. The second kappa shape index (κ2) is 8.34. The number of carbonyl (C=O) groups excluding carboxylic acids is 2. The van der Waals surface area contributed by atoms with Crippen LogP contribution in [0.2, 0.25) is 0 Å². The summed E-state index contributed by atoms with van der Waals surface area (Å²) in [4.78, 5) is 26.9. The Morgan fingerprint density at radius 3 is 2.16 bits per heavy atom. The Morgan fingerprint density at radius 1 is 0.906 bits per heavy atom. The minimum absolute atomic E-state index is 0.0688. The van der Waals surface area contributed by atoms with Crippen molar-refractivity contribution >= 4 is 23.1 Å². The standard InChI is InChI=1S/C25H18F3NO3/c1-2-14-3-5-16(6-4-14)23(30)21-22(15-7-9-17(26)10-8-15)29(25(32)24(21)31)18-11-12-19(27)20(28)13-18/h3-13,22,30H,2H2,1H3/b23-21+. The number of hydrogen-bond acceptors (Lipinski definition) is 3. The molecule has 1 unspecified atom stereocenters. The molecule has 1 fully saturated rings. The molecule has 1 saturated heterocycles. The van der Waals surface area contributed by atoms with Gasteiger partial charge in [-0.25, -0.2) is 13.2 Å². The minimum Gasteiger partial charge on any atom is -0.507 e. The van der Waals surface area contributed by atoms with Crippen LogP contribution < -0.4 is 4.90 Å². The van der Waals surface area contributed by atoms with Crippen LogP contribution in [0.3, 0.4) is 0 Å². The SMILES string of the molecule is CCc1ccc(/C(O)=C2\C(=O)C(=O)N(c3ccc(F)c(F)c3)C2c2ccc(F)cc2)cc1. The number of halogens is 3. The summed E-state index contributed by atoms with van der Waals surface area (Å²) >= 11 is 0. The van der Waals surface area contributed by atoms with E-state index >= 15 is 0 Å². The number of benzene rings is 3. The van der Waals surface area contributed by atoms with Crippen molar-refractivity contribution in [3.05, 3.63) is 106 Å². The Hall–Kier alpha value is -3.87. The molecule has 0 aliphatic carbocycles. The minimum atomic E-state index is -1.20. The molecular formula is C25H18F3NO3. The molecule has 1 N–H and O–H groups in total. The summed E-state index contributed by atoms with van der Waals surface area (Å²) < 4.78 is 40.9. The lowest BCUT2D eigenvalue weighted by atomic mass is 9.94. The van der Waals surface area contributed by atoms with E-state index in [-0.39, 0.29) is 11.3 Å². The van der Waals surface area contributed by atoms with Gasteiger partial charge in [-0.2, -0.15) is 0 Å². The van der Waals surface area contributed by atoms with Crippen LogP contribution >= 0.6 is 0 Å². The molecule has 0 aromatic heterocycles. The van der Waals surface area contributed by atoms with Gasteiger partial charge in [0.25, 0.3) is 11.7 Å². The summed E-state index contributed by atoms with van der Waals surface area (Å²) in [5.41, 5.74) is 1.36. The number of amides is 1. The van der Waals surface area contributed by atoms with Crippen molar-refractivity contribution in [3.8, 4) is 0 Å². The first-order valence-corrected chi connectivity index (χ1v) is 9.92. The van der Waals surface area contributed by atoms with Crippen LogP contribution in [0.25, 0.3) is 5.76 Å². The third kappa shape index (κ3) is 3.66. The molecule has 7 heteroatoms. The number of Topliss-reactive ketones (excluding diaryl/α,β-unsaturated/α-hetero) is 1. The fourth-order valence-corrected chi connectivity index (χ4v) is 3.75. The number of hydrogen-bond donors (Lipinski definition) is 1. The van der Waals surface area contributed by atoms with Gasteiger partial charge < -0.3 is 5.11 Å². The summed E-state index contributed by atoms with van der Waals surface area (Å²) in [7, 11) is 0. The zero-order valence-corrected chi connectivity index (χ0v) is 17.0. The van der Waals surface area contributed by atoms with Gasteiger partial charge in [-0.15, -0.1) is 0 Å². The van der Waals surface area contributed by atoms with Crippen molar-refractivity contribution in [2.24, 2.45) is 0 Å². The maximum Gasteiger partial charge on any atom is 0.300 e. The Bertz CT molecular complexity index is 1230. The molecule has 0 spiro atoms. The van der Waals surface area contributed by atoms with Crippen molar-refractivity contribution in [2.75, 3.05) is 4.90 Å². The monoisotopic (exact) mass is 437 g/mol. The summed E-state index contributed by atoms with van der Waals surface area (Å²) in [5.74, 6) is -5.26. The quantitative estimate of drug-likeness (QED) is 0.343. The normalized spacial score (nSPS) is 17.8. The molecule has 1 atom stereocenters. The van der Waals surface area contributed by atoms with E-state index in [9.17, 15) is 27.9 Å². The molecule has 3 aromatic carbocycles. The molecule has 0 saturated carbocycles. The highest BCUT2D eigenvalue weighted by Crippen LogP contribution is 2.42. The highest BCUT2D eigenvalue weighted by molar-refractivity contribution is 6.51. The molecule has 1 heterocycles. The molecule has 1 aliphatic rings. The van der Waals surface area contributed by atoms with Crippen LogP contribution in [0.5, 0.6) is 0 Å². The molecule has 3 aromatic rings. The smallest absolute Gasteiger partial charge is 0.300 e. The number of carbonyl (C=O) groups is 2. The maximum atomic E-state index is 13.9. The fraction of sp³-hybridized carbons (Fsp3) is 0.120. The van der Waals surface area contributed by atoms with Gasteiger partial charge in [0.1, 0.15) is 11.6 Å². The van der Waals surface area contributed by atoms with E-state index in [4.69, 9.17) is 0 Å². The number of nitrogens with zero attached hydrogens (tertiary/aromatic N) is 1. The topological polar surface area (TPSA) is 57.6 Å². The van der Waals surface area contributed by atoms with Gasteiger partial charge in [-0.3, -0.25) is 14.5 Å².